The van der Waals surface area contributed by atoms with E-state index in [2.05, 4.69) is 179 Å². The molecule has 0 aromatic heterocycles. The van der Waals surface area contributed by atoms with Gasteiger partial charge in [0.2, 0.25) is 0 Å². The van der Waals surface area contributed by atoms with Crippen molar-refractivity contribution in [1.82, 2.24) is 0 Å². The van der Waals surface area contributed by atoms with Crippen LogP contribution in [0, 0.1) is 0 Å². The molecule has 0 aromatic rings. The largest absolute Gasteiger partial charge is 0.462 e. The predicted octanol–water partition coefficient (Wildman–Crippen LogP) is 23.7. The number of ether oxygens (including phenoxy) is 3. The first-order valence-electron chi connectivity index (χ1n) is 34.0. The van der Waals surface area contributed by atoms with Gasteiger partial charge in [-0.25, -0.2) is 0 Å². The number of carbonyl (C=O) groups is 3. The van der Waals surface area contributed by atoms with Gasteiger partial charge in [-0.15, -0.1) is 0 Å². The number of allylic oxidation sites excluding steroid dienone is 26. The second kappa shape index (κ2) is 69.5. The van der Waals surface area contributed by atoms with Crippen molar-refractivity contribution in [3.8, 4) is 0 Å². The monoisotopic (exact) mass is 1140 g/mol. The summed E-state index contributed by atoms with van der Waals surface area (Å²) in [6.45, 7) is 6.27. The van der Waals surface area contributed by atoms with Gasteiger partial charge in [0.15, 0.2) is 6.10 Å². The highest BCUT2D eigenvalue weighted by Crippen LogP contribution is 2.16. The molecule has 83 heavy (non-hydrogen) atoms. The molecule has 0 aromatic carbocycles. The Kier molecular flexibility index (Phi) is 65.4. The summed E-state index contributed by atoms with van der Waals surface area (Å²) < 4.78 is 16.9. The van der Waals surface area contributed by atoms with Crippen LogP contribution in [0.2, 0.25) is 0 Å². The number of unbranched alkanes of at least 4 members (excludes halogenated alkanes) is 23. The van der Waals surface area contributed by atoms with Crippen molar-refractivity contribution < 1.29 is 28.6 Å². The standard InChI is InChI=1S/C77H124O6/c1-4-7-10-13-16-19-22-25-27-29-31-33-35-37-38-40-41-43-45-47-49-52-55-58-61-64-67-70-76(79)82-73-74(72-81-75(78)69-66-63-60-57-54-51-24-21-18-15-12-9-6-3)83-77(80)71-68-65-62-59-56-53-50-48-46-44-42-39-36-34-32-30-28-26-23-20-17-14-11-8-5-2/h7-12,16-21,25-28,31-34,37-38,41,43,51,54,74H,4-6,13-15,22-24,29-30,35-36,39-40,42,44-50,52-53,55-73H2,1-3H3/b10-7-,11-8-,12-9-,19-16-,20-17-,21-18-,27-25-,28-26-,33-31-,34-32-,38-37-,43-41-,54-51-. The van der Waals surface area contributed by atoms with Crippen molar-refractivity contribution in [2.45, 2.75) is 297 Å². The summed E-state index contributed by atoms with van der Waals surface area (Å²) in [5.41, 5.74) is 0. The first-order valence-corrected chi connectivity index (χ1v) is 34.0. The molecule has 0 saturated heterocycles. The molecule has 6 heteroatoms. The smallest absolute Gasteiger partial charge is 0.306 e. The molecule has 0 saturated carbocycles. The summed E-state index contributed by atoms with van der Waals surface area (Å²) in [5.74, 6) is -0.936. The second-order valence-corrected chi connectivity index (χ2v) is 21.9. The molecule has 0 rings (SSSR count). The van der Waals surface area contributed by atoms with Gasteiger partial charge in [-0.1, -0.05) is 288 Å². The van der Waals surface area contributed by atoms with Crippen LogP contribution in [0.5, 0.6) is 0 Å². The maximum Gasteiger partial charge on any atom is 0.306 e. The molecule has 0 amide bonds. The van der Waals surface area contributed by atoms with Crippen molar-refractivity contribution in [1.29, 1.82) is 0 Å². The van der Waals surface area contributed by atoms with Crippen molar-refractivity contribution in [2.24, 2.45) is 0 Å². The average molecular weight is 1150 g/mol. The minimum atomic E-state index is -0.804. The fraction of sp³-hybridized carbons (Fsp3) is 0.623. The van der Waals surface area contributed by atoms with Crippen LogP contribution in [0.4, 0.5) is 0 Å². The maximum absolute atomic E-state index is 13.0. The Labute approximate surface area is 511 Å². The first kappa shape index (κ1) is 78.0. The van der Waals surface area contributed by atoms with Gasteiger partial charge >= 0.3 is 17.9 Å². The predicted molar refractivity (Wildman–Crippen MR) is 362 cm³/mol. The molecule has 468 valence electrons. The van der Waals surface area contributed by atoms with E-state index < -0.39 is 6.10 Å². The van der Waals surface area contributed by atoms with E-state index in [1.807, 2.05) is 0 Å². The summed E-state index contributed by atoms with van der Waals surface area (Å²) in [5, 5.41) is 0. The zero-order chi connectivity index (χ0) is 59.9. The lowest BCUT2D eigenvalue weighted by molar-refractivity contribution is -0.167. The van der Waals surface area contributed by atoms with Gasteiger partial charge in [0, 0.05) is 19.3 Å². The van der Waals surface area contributed by atoms with Gasteiger partial charge in [-0.2, -0.15) is 0 Å². The zero-order valence-corrected chi connectivity index (χ0v) is 53.7. The molecule has 0 aliphatic heterocycles. The number of esters is 3. The van der Waals surface area contributed by atoms with E-state index in [0.717, 1.165) is 154 Å². The Morgan fingerprint density at radius 3 is 0.687 bits per heavy atom. The number of hydrogen-bond acceptors (Lipinski definition) is 6. The van der Waals surface area contributed by atoms with Gasteiger partial charge in [-0.05, 0) is 141 Å². The van der Waals surface area contributed by atoms with Gasteiger partial charge in [0.25, 0.3) is 0 Å². The molecule has 1 atom stereocenters. The number of rotatable bonds is 60. The van der Waals surface area contributed by atoms with Crippen LogP contribution in [0.3, 0.4) is 0 Å². The van der Waals surface area contributed by atoms with Gasteiger partial charge in [0.1, 0.15) is 13.2 Å². The molecule has 0 aliphatic carbocycles. The lowest BCUT2D eigenvalue weighted by atomic mass is 10.0. The average Bonchev–Trinajstić information content (AvgIpc) is 3.49. The van der Waals surface area contributed by atoms with Gasteiger partial charge in [0.05, 0.1) is 0 Å². The molecule has 1 unspecified atom stereocenters. The SMILES string of the molecule is CC/C=C\C/C=C\C/C=C\C/C=C\C/C=C\C/C=C\CCCCCCCCCCC(=O)OCC(COC(=O)CCCCC/C=C\C/C=C\C/C=C\CC)OC(=O)CCCCCCCCCCCCCC/C=C\C/C=C\C/C=C\C/C=C\CC. The molecule has 0 radical (unpaired) electrons. The van der Waals surface area contributed by atoms with Crippen LogP contribution in [-0.2, 0) is 28.6 Å². The van der Waals surface area contributed by atoms with E-state index in [4.69, 9.17) is 14.2 Å². The van der Waals surface area contributed by atoms with Crippen LogP contribution < -0.4 is 0 Å². The third kappa shape index (κ3) is 67.7. The molecule has 0 heterocycles. The van der Waals surface area contributed by atoms with Crippen LogP contribution in [0.15, 0.2) is 158 Å². The number of carbonyl (C=O) groups excluding carboxylic acids is 3. The minimum absolute atomic E-state index is 0.0978. The Hall–Kier alpha value is -4.97. The van der Waals surface area contributed by atoms with Crippen LogP contribution in [0.25, 0.3) is 0 Å². The molecule has 0 aliphatic rings. The highest BCUT2D eigenvalue weighted by atomic mass is 16.6. The first-order chi connectivity index (χ1) is 41.0. The second-order valence-electron chi connectivity index (χ2n) is 21.9. The van der Waals surface area contributed by atoms with Crippen LogP contribution in [0.1, 0.15) is 290 Å². The van der Waals surface area contributed by atoms with Crippen LogP contribution >= 0.6 is 0 Å². The normalized spacial score (nSPS) is 13.1. The summed E-state index contributed by atoms with van der Waals surface area (Å²) in [7, 11) is 0. The Balaban J connectivity index is 4.36. The summed E-state index contributed by atoms with van der Waals surface area (Å²) >= 11 is 0. The molecule has 0 spiro atoms. The summed E-state index contributed by atoms with van der Waals surface area (Å²) in [6, 6.07) is 0. The van der Waals surface area contributed by atoms with E-state index in [-0.39, 0.29) is 31.1 Å². The molecule has 6 nitrogen and oxygen atoms in total. The van der Waals surface area contributed by atoms with E-state index in [0.29, 0.717) is 19.3 Å². The lowest BCUT2D eigenvalue weighted by Gasteiger charge is -2.18. The van der Waals surface area contributed by atoms with Crippen molar-refractivity contribution in [3.05, 3.63) is 158 Å². The van der Waals surface area contributed by atoms with Crippen molar-refractivity contribution >= 4 is 17.9 Å². The van der Waals surface area contributed by atoms with Crippen molar-refractivity contribution in [2.75, 3.05) is 13.2 Å². The highest BCUT2D eigenvalue weighted by Gasteiger charge is 2.19. The lowest BCUT2D eigenvalue weighted by Crippen LogP contribution is -2.30. The van der Waals surface area contributed by atoms with Crippen molar-refractivity contribution in [3.63, 3.8) is 0 Å². The molecular formula is C77H124O6. The summed E-state index contributed by atoms with van der Waals surface area (Å²) in [6.07, 6.45) is 101. The van der Waals surface area contributed by atoms with Gasteiger partial charge < -0.3 is 14.2 Å². The fourth-order valence-corrected chi connectivity index (χ4v) is 9.04. The van der Waals surface area contributed by atoms with E-state index in [1.165, 1.54) is 96.3 Å². The Morgan fingerprint density at radius 1 is 0.241 bits per heavy atom. The van der Waals surface area contributed by atoms with Gasteiger partial charge in [-0.3, -0.25) is 14.4 Å². The highest BCUT2D eigenvalue weighted by molar-refractivity contribution is 5.71. The fourth-order valence-electron chi connectivity index (χ4n) is 9.04. The molecule has 0 N–H and O–H groups in total. The third-order valence-corrected chi connectivity index (χ3v) is 14.0. The molecular weight excluding hydrogens is 1020 g/mol. The Morgan fingerprint density at radius 2 is 0.434 bits per heavy atom. The Bertz CT molecular complexity index is 1840. The summed E-state index contributed by atoms with van der Waals surface area (Å²) in [4.78, 5) is 38.4. The van der Waals surface area contributed by atoms with E-state index in [1.54, 1.807) is 0 Å². The third-order valence-electron chi connectivity index (χ3n) is 14.0. The zero-order valence-electron chi connectivity index (χ0n) is 53.7. The minimum Gasteiger partial charge on any atom is -0.462 e. The quantitative estimate of drug-likeness (QED) is 0.0261. The number of hydrogen-bond donors (Lipinski definition) is 0. The van der Waals surface area contributed by atoms with E-state index in [9.17, 15) is 14.4 Å². The molecule has 0 bridgehead atoms. The van der Waals surface area contributed by atoms with Crippen LogP contribution in [-0.4, -0.2) is 37.2 Å². The topological polar surface area (TPSA) is 78.9 Å². The maximum atomic E-state index is 13.0. The van der Waals surface area contributed by atoms with E-state index >= 15 is 0 Å². The molecule has 0 fully saturated rings.